The number of hydrogen-bond acceptors (Lipinski definition) is 6. The first-order chi connectivity index (χ1) is 22.6. The zero-order chi connectivity index (χ0) is 31.8. The van der Waals surface area contributed by atoms with Crippen molar-refractivity contribution >= 4 is 33.4 Å². The first kappa shape index (κ1) is 31.1. The predicted molar refractivity (Wildman–Crippen MR) is 185 cm³/mol. The van der Waals surface area contributed by atoms with Gasteiger partial charge in [-0.05, 0) is 64.7 Å². The lowest BCUT2D eigenvalue weighted by atomic mass is 9.82. The molecule has 232 valence electrons. The minimum atomic E-state index is -1.37. The lowest BCUT2D eigenvalue weighted by Gasteiger charge is -2.31. The van der Waals surface area contributed by atoms with Crippen molar-refractivity contribution in [2.24, 2.45) is 4.99 Å². The molecule has 3 N–H and O–H groups in total. The van der Waals surface area contributed by atoms with Crippen LogP contribution in [0.4, 0.5) is 5.69 Å². The van der Waals surface area contributed by atoms with Crippen LogP contribution in [0.2, 0.25) is 0 Å². The molecule has 0 unspecified atom stereocenters. The predicted octanol–water partition coefficient (Wildman–Crippen LogP) is 7.52. The Morgan fingerprint density at radius 3 is 2.13 bits per heavy atom. The molecule has 7 nitrogen and oxygen atoms in total. The van der Waals surface area contributed by atoms with Crippen molar-refractivity contribution in [3.8, 4) is 16.9 Å². The Hall–Kier alpha value is -4.92. The lowest BCUT2D eigenvalue weighted by molar-refractivity contribution is -0.128. The smallest absolute Gasteiger partial charge is 0.270 e. The van der Waals surface area contributed by atoms with Gasteiger partial charge < -0.3 is 14.6 Å². The summed E-state index contributed by atoms with van der Waals surface area (Å²) >= 11 is 3.69. The third-order valence-electron chi connectivity index (χ3n) is 7.86. The van der Waals surface area contributed by atoms with Gasteiger partial charge >= 0.3 is 0 Å². The Bertz CT molecular complexity index is 1780. The number of ether oxygens (including phenoxy) is 2. The fraction of sp³-hybridized carbons (Fsp3) is 0.158. The van der Waals surface area contributed by atoms with E-state index in [-0.39, 0.29) is 18.9 Å². The first-order valence-electron chi connectivity index (χ1n) is 15.2. The van der Waals surface area contributed by atoms with Crippen LogP contribution in [-0.4, -0.2) is 35.7 Å². The molecule has 2 atom stereocenters. The minimum Gasteiger partial charge on any atom is -0.494 e. The third-order valence-corrected chi connectivity index (χ3v) is 8.64. The normalized spacial score (nSPS) is 17.1. The fourth-order valence-corrected chi connectivity index (χ4v) is 5.88. The molecule has 8 heteroatoms. The van der Waals surface area contributed by atoms with Crippen LogP contribution in [0.5, 0.6) is 5.75 Å². The van der Waals surface area contributed by atoms with Gasteiger partial charge in [-0.2, -0.15) is 0 Å². The number of rotatable bonds is 12. The van der Waals surface area contributed by atoms with E-state index in [9.17, 15) is 4.79 Å². The number of aliphatic hydroxyl groups excluding tert-OH is 1. The maximum atomic E-state index is 14.5. The molecule has 0 spiro atoms. The van der Waals surface area contributed by atoms with Gasteiger partial charge in [-0.25, -0.2) is 4.99 Å². The minimum absolute atomic E-state index is 0.0667. The first-order valence-corrected chi connectivity index (χ1v) is 16.0. The van der Waals surface area contributed by atoms with Gasteiger partial charge in [0.2, 0.25) is 5.90 Å². The van der Waals surface area contributed by atoms with E-state index in [1.54, 1.807) is 0 Å². The Kier molecular flexibility index (Phi) is 9.76. The number of halogens is 1. The number of benzene rings is 5. The van der Waals surface area contributed by atoms with Gasteiger partial charge in [0.1, 0.15) is 5.75 Å². The number of nitrogens with one attached hydrogen (secondary N) is 2. The van der Waals surface area contributed by atoms with Gasteiger partial charge in [0.15, 0.2) is 11.6 Å². The second-order valence-electron chi connectivity index (χ2n) is 11.0. The molecule has 0 saturated heterocycles. The number of carbonyl (C=O) groups excluding carboxylic acids is 1. The summed E-state index contributed by atoms with van der Waals surface area (Å²) in [4.78, 5) is 19.6. The van der Waals surface area contributed by atoms with E-state index in [2.05, 4.69) is 38.9 Å². The van der Waals surface area contributed by atoms with Crippen LogP contribution in [0.15, 0.2) is 143 Å². The number of hydrazine groups is 1. The van der Waals surface area contributed by atoms with Crippen LogP contribution in [-0.2, 0) is 16.0 Å². The van der Waals surface area contributed by atoms with E-state index < -0.39 is 11.6 Å². The Morgan fingerprint density at radius 1 is 0.804 bits per heavy atom. The Balaban J connectivity index is 1.41. The quantitative estimate of drug-likeness (QED) is 0.0940. The number of anilines is 1. The van der Waals surface area contributed by atoms with Crippen molar-refractivity contribution in [3.63, 3.8) is 0 Å². The summed E-state index contributed by atoms with van der Waals surface area (Å²) in [6, 6.07) is 43.0. The average molecular weight is 677 g/mol. The molecule has 0 saturated carbocycles. The number of carbonyl (C=O) groups is 1. The van der Waals surface area contributed by atoms with E-state index in [0.29, 0.717) is 24.7 Å². The second kappa shape index (κ2) is 14.5. The molecular formula is C38H34BrN3O4. The van der Waals surface area contributed by atoms with E-state index in [0.717, 1.165) is 38.0 Å². The number of aliphatic imine (C=N–C) groups is 1. The number of para-hydroxylation sites is 1. The van der Waals surface area contributed by atoms with Gasteiger partial charge in [-0.15, -0.1) is 0 Å². The van der Waals surface area contributed by atoms with Crippen LogP contribution < -0.4 is 15.6 Å². The van der Waals surface area contributed by atoms with E-state index >= 15 is 0 Å². The number of nitrogens with zero attached hydrogens (tertiary/aromatic N) is 1. The number of amides is 1. The summed E-state index contributed by atoms with van der Waals surface area (Å²) in [5.74, 6) is 0.706. The summed E-state index contributed by atoms with van der Waals surface area (Å²) in [5.41, 5.74) is 10.0. The second-order valence-corrected chi connectivity index (χ2v) is 11.8. The molecule has 1 amide bonds. The van der Waals surface area contributed by atoms with Gasteiger partial charge in [0, 0.05) is 29.5 Å². The van der Waals surface area contributed by atoms with Crippen molar-refractivity contribution < 1.29 is 19.4 Å². The highest BCUT2D eigenvalue weighted by atomic mass is 79.9. The Morgan fingerprint density at radius 2 is 1.43 bits per heavy atom. The molecule has 0 fully saturated rings. The van der Waals surface area contributed by atoms with Crippen molar-refractivity contribution in [3.05, 3.63) is 155 Å². The zero-order valence-corrected chi connectivity index (χ0v) is 26.7. The van der Waals surface area contributed by atoms with Gasteiger partial charge in [-0.3, -0.25) is 15.6 Å². The SMILES string of the molecule is O=C(NNc1ccccc1)[C@@]1(Cc2ccccc2Br)N=C(c2ccc(OCCCO)cc2)O[C@H]1c1ccc(-c2ccccc2)cc1. The number of aliphatic hydroxyl groups is 1. The molecule has 5 aromatic carbocycles. The van der Waals surface area contributed by atoms with Crippen molar-refractivity contribution in [1.82, 2.24) is 5.43 Å². The van der Waals surface area contributed by atoms with Gasteiger partial charge in [-0.1, -0.05) is 107 Å². The molecule has 1 aliphatic rings. The van der Waals surface area contributed by atoms with Crippen molar-refractivity contribution in [2.45, 2.75) is 24.5 Å². The zero-order valence-electron chi connectivity index (χ0n) is 25.1. The average Bonchev–Trinajstić information content (AvgIpc) is 3.50. The molecular weight excluding hydrogens is 642 g/mol. The lowest BCUT2D eigenvalue weighted by Crippen LogP contribution is -2.51. The number of hydrogen-bond donors (Lipinski definition) is 3. The summed E-state index contributed by atoms with van der Waals surface area (Å²) in [6.07, 6.45) is 0.0807. The summed E-state index contributed by atoms with van der Waals surface area (Å²) in [6.45, 7) is 0.481. The standard InChI is InChI=1S/C38H34BrN3O4/c39-34-15-8-7-12-31(34)26-38(37(44)42-41-32-13-5-2-6-14-32)35(29-18-16-28(17-19-29)27-10-3-1-4-11-27)46-36(40-38)30-20-22-33(23-21-30)45-25-9-24-43/h1-8,10-23,35,41,43H,9,24-26H2,(H,42,44)/t35-,38-/m0/s1. The monoisotopic (exact) mass is 675 g/mol. The van der Waals surface area contributed by atoms with E-state index in [4.69, 9.17) is 19.6 Å². The van der Waals surface area contributed by atoms with Crippen molar-refractivity contribution in [2.75, 3.05) is 18.6 Å². The third kappa shape index (κ3) is 6.98. The Labute approximate surface area is 277 Å². The largest absolute Gasteiger partial charge is 0.494 e. The molecule has 1 heterocycles. The summed E-state index contributed by atoms with van der Waals surface area (Å²) in [5, 5.41) is 9.09. The highest BCUT2D eigenvalue weighted by Gasteiger charge is 2.53. The summed E-state index contributed by atoms with van der Waals surface area (Å²) < 4.78 is 13.3. The molecule has 0 radical (unpaired) electrons. The molecule has 46 heavy (non-hydrogen) atoms. The highest BCUT2D eigenvalue weighted by molar-refractivity contribution is 9.10. The fourth-order valence-electron chi connectivity index (χ4n) is 5.45. The maximum absolute atomic E-state index is 14.5. The topological polar surface area (TPSA) is 92.2 Å². The van der Waals surface area contributed by atoms with Crippen molar-refractivity contribution in [1.29, 1.82) is 0 Å². The highest BCUT2D eigenvalue weighted by Crippen LogP contribution is 2.43. The maximum Gasteiger partial charge on any atom is 0.270 e. The molecule has 0 bridgehead atoms. The van der Waals surface area contributed by atoms with Gasteiger partial charge in [0.05, 0.1) is 12.3 Å². The molecule has 1 aliphatic heterocycles. The van der Waals surface area contributed by atoms with E-state index in [1.807, 2.05) is 121 Å². The molecule has 0 aromatic heterocycles. The molecule has 6 rings (SSSR count). The van der Waals surface area contributed by atoms with Crippen LogP contribution in [0.1, 0.15) is 29.2 Å². The van der Waals surface area contributed by atoms with Crippen LogP contribution in [0.25, 0.3) is 11.1 Å². The van der Waals surface area contributed by atoms with Gasteiger partial charge in [0.25, 0.3) is 5.91 Å². The van der Waals surface area contributed by atoms with Crippen LogP contribution in [0.3, 0.4) is 0 Å². The van der Waals surface area contributed by atoms with Crippen LogP contribution >= 0.6 is 15.9 Å². The molecule has 0 aliphatic carbocycles. The summed E-state index contributed by atoms with van der Waals surface area (Å²) in [7, 11) is 0. The molecule has 5 aromatic rings. The van der Waals surface area contributed by atoms with E-state index in [1.165, 1.54) is 0 Å². The van der Waals surface area contributed by atoms with Crippen LogP contribution in [0, 0.1) is 0 Å².